The van der Waals surface area contributed by atoms with E-state index in [4.69, 9.17) is 18.7 Å². The van der Waals surface area contributed by atoms with Crippen molar-refractivity contribution in [2.45, 2.75) is 59.0 Å². The second-order valence-corrected chi connectivity index (χ2v) is 5.08. The highest BCUT2D eigenvalue weighted by atomic mass is 16.7. The van der Waals surface area contributed by atoms with Crippen LogP contribution in [0.4, 0.5) is 0 Å². The molecule has 1 aromatic rings. The molecule has 3 atom stereocenters. The van der Waals surface area contributed by atoms with Crippen molar-refractivity contribution in [1.29, 1.82) is 0 Å². The molecule has 0 bridgehead atoms. The lowest BCUT2D eigenvalue weighted by molar-refractivity contribution is -0.194. The zero-order valence-electron chi connectivity index (χ0n) is 14.8. The molecule has 25 heavy (non-hydrogen) atoms. The first-order valence-electron chi connectivity index (χ1n) is 7.63. The van der Waals surface area contributed by atoms with Crippen molar-refractivity contribution < 1.29 is 37.9 Å². The molecule has 1 saturated heterocycles. The average Bonchev–Trinajstić information content (AvgIpc) is 3.14. The molecule has 0 amide bonds. The summed E-state index contributed by atoms with van der Waals surface area (Å²) in [6, 6.07) is 0. The van der Waals surface area contributed by atoms with Gasteiger partial charge >= 0.3 is 17.9 Å². The van der Waals surface area contributed by atoms with E-state index in [-0.39, 0.29) is 5.97 Å². The Balaban J connectivity index is 0.000000550. The van der Waals surface area contributed by atoms with E-state index >= 15 is 0 Å². The Morgan fingerprint density at radius 2 is 1.72 bits per heavy atom. The Hall–Kier alpha value is -2.49. The fraction of sp³-hybridized carbons (Fsp3) is 0.667. The fourth-order valence-corrected chi connectivity index (χ4v) is 1.92. The highest BCUT2D eigenvalue weighted by Crippen LogP contribution is 2.34. The maximum atomic E-state index is 11.1. The van der Waals surface area contributed by atoms with Crippen LogP contribution in [0.5, 0.6) is 0 Å². The highest BCUT2D eigenvalue weighted by molar-refractivity contribution is 5.67. The second-order valence-electron chi connectivity index (χ2n) is 5.08. The summed E-state index contributed by atoms with van der Waals surface area (Å²) in [7, 11) is 1.35. The number of carbonyl (C=O) groups excluding carboxylic acids is 3. The molecule has 10 heteroatoms. The van der Waals surface area contributed by atoms with Crippen LogP contribution in [0.2, 0.25) is 0 Å². The lowest BCUT2D eigenvalue weighted by Gasteiger charge is -2.17. The van der Waals surface area contributed by atoms with E-state index in [1.54, 1.807) is 0 Å². The van der Waals surface area contributed by atoms with Gasteiger partial charge in [-0.2, -0.15) is 4.98 Å². The molecule has 0 saturated carbocycles. The molecule has 0 spiro atoms. The molecular formula is C15H22N2O8. The summed E-state index contributed by atoms with van der Waals surface area (Å²) in [6.07, 6.45) is -1.25. The lowest BCUT2D eigenvalue weighted by Crippen LogP contribution is -2.30. The monoisotopic (exact) mass is 358 g/mol. The molecule has 0 aromatic carbocycles. The third-order valence-corrected chi connectivity index (χ3v) is 3.01. The van der Waals surface area contributed by atoms with Gasteiger partial charge in [-0.05, 0) is 0 Å². The maximum Gasteiger partial charge on any atom is 0.305 e. The van der Waals surface area contributed by atoms with Gasteiger partial charge in [0, 0.05) is 33.6 Å². The smallest absolute Gasteiger partial charge is 0.305 e. The molecule has 0 aliphatic carbocycles. The first-order chi connectivity index (χ1) is 11.8. The van der Waals surface area contributed by atoms with Gasteiger partial charge < -0.3 is 23.5 Å². The largest absolute Gasteiger partial charge is 0.469 e. The van der Waals surface area contributed by atoms with Crippen molar-refractivity contribution in [3.63, 3.8) is 0 Å². The Morgan fingerprint density at radius 1 is 1.12 bits per heavy atom. The number of hydrogen-bond acceptors (Lipinski definition) is 10. The average molecular weight is 358 g/mol. The van der Waals surface area contributed by atoms with Gasteiger partial charge in [0.05, 0.1) is 7.11 Å². The van der Waals surface area contributed by atoms with E-state index in [1.165, 1.54) is 27.9 Å². The zero-order valence-corrected chi connectivity index (χ0v) is 14.8. The van der Waals surface area contributed by atoms with Gasteiger partial charge in [-0.1, -0.05) is 12.1 Å². The Morgan fingerprint density at radius 3 is 2.16 bits per heavy atom. The molecule has 0 radical (unpaired) electrons. The minimum absolute atomic E-state index is 0.245. The van der Waals surface area contributed by atoms with E-state index < -0.39 is 30.4 Å². The quantitative estimate of drug-likeness (QED) is 0.570. The summed E-state index contributed by atoms with van der Waals surface area (Å²) in [5.74, 6) is -0.392. The first-order valence-corrected chi connectivity index (χ1v) is 7.63. The van der Waals surface area contributed by atoms with Crippen molar-refractivity contribution >= 4 is 17.9 Å². The Labute approximate surface area is 144 Å². The number of esters is 3. The van der Waals surface area contributed by atoms with E-state index in [9.17, 15) is 14.4 Å². The third kappa shape index (κ3) is 6.87. The van der Waals surface area contributed by atoms with E-state index in [0.717, 1.165) is 0 Å². The number of carbonyl (C=O) groups is 3. The third-order valence-electron chi connectivity index (χ3n) is 3.01. The van der Waals surface area contributed by atoms with Crippen LogP contribution in [0.1, 0.15) is 51.9 Å². The van der Waals surface area contributed by atoms with Crippen LogP contribution in [0.15, 0.2) is 4.52 Å². The highest BCUT2D eigenvalue weighted by Gasteiger charge is 2.42. The SMILES string of the molecule is CCc1nc(C2CC(OC(C)=O)C(OC(C)=O)O2)no1.COC(C)=O. The Kier molecular flexibility index (Phi) is 7.99. The van der Waals surface area contributed by atoms with Crippen LogP contribution < -0.4 is 0 Å². The normalized spacial score (nSPS) is 21.7. The zero-order chi connectivity index (χ0) is 19.0. The van der Waals surface area contributed by atoms with Crippen molar-refractivity contribution in [3.8, 4) is 0 Å². The van der Waals surface area contributed by atoms with Gasteiger partial charge in [-0.25, -0.2) is 0 Å². The van der Waals surface area contributed by atoms with Gasteiger partial charge in [0.2, 0.25) is 18.0 Å². The van der Waals surface area contributed by atoms with Crippen LogP contribution in [0, 0.1) is 0 Å². The molecule has 0 N–H and O–H groups in total. The number of nitrogens with zero attached hydrogens (tertiary/aromatic N) is 2. The van der Waals surface area contributed by atoms with Gasteiger partial charge in [0.1, 0.15) is 6.10 Å². The summed E-state index contributed by atoms with van der Waals surface area (Å²) in [4.78, 5) is 35.8. The Bertz CT molecular complexity index is 576. The molecule has 3 unspecified atom stereocenters. The molecular weight excluding hydrogens is 336 g/mol. The predicted molar refractivity (Wildman–Crippen MR) is 80.9 cm³/mol. The van der Waals surface area contributed by atoms with E-state index in [0.29, 0.717) is 24.6 Å². The van der Waals surface area contributed by atoms with Crippen LogP contribution in [-0.2, 0) is 39.8 Å². The van der Waals surface area contributed by atoms with Crippen LogP contribution >= 0.6 is 0 Å². The van der Waals surface area contributed by atoms with Crippen molar-refractivity contribution in [3.05, 3.63) is 11.7 Å². The van der Waals surface area contributed by atoms with Gasteiger partial charge in [0.25, 0.3) is 0 Å². The van der Waals surface area contributed by atoms with Crippen LogP contribution in [0.25, 0.3) is 0 Å². The van der Waals surface area contributed by atoms with Crippen molar-refractivity contribution in [2.75, 3.05) is 7.11 Å². The van der Waals surface area contributed by atoms with Crippen LogP contribution in [-0.4, -0.2) is 47.6 Å². The minimum atomic E-state index is -0.954. The van der Waals surface area contributed by atoms with Gasteiger partial charge in [-0.3, -0.25) is 14.4 Å². The molecule has 2 heterocycles. The summed E-state index contributed by atoms with van der Waals surface area (Å²) in [5.41, 5.74) is 0. The molecule has 2 rings (SSSR count). The maximum absolute atomic E-state index is 11.1. The lowest BCUT2D eigenvalue weighted by atomic mass is 10.2. The summed E-state index contributed by atoms with van der Waals surface area (Å²) >= 11 is 0. The summed E-state index contributed by atoms with van der Waals surface area (Å²) in [5, 5.41) is 3.80. The number of hydrogen-bond donors (Lipinski definition) is 0. The number of aromatic nitrogens is 2. The number of ether oxygens (including phenoxy) is 4. The topological polar surface area (TPSA) is 127 Å². The minimum Gasteiger partial charge on any atom is -0.469 e. The molecule has 1 fully saturated rings. The van der Waals surface area contributed by atoms with Crippen molar-refractivity contribution in [1.82, 2.24) is 10.1 Å². The molecule has 1 aliphatic heterocycles. The van der Waals surface area contributed by atoms with Gasteiger partial charge in [-0.15, -0.1) is 0 Å². The summed E-state index contributed by atoms with van der Waals surface area (Å²) in [6.45, 7) is 5.78. The first kappa shape index (κ1) is 20.6. The van der Waals surface area contributed by atoms with Gasteiger partial charge in [0.15, 0.2) is 6.10 Å². The van der Waals surface area contributed by atoms with E-state index in [1.807, 2.05) is 6.92 Å². The molecule has 10 nitrogen and oxygen atoms in total. The number of aryl methyl sites for hydroxylation is 1. The molecule has 140 valence electrons. The molecule has 1 aliphatic rings. The number of methoxy groups -OCH3 is 1. The molecule has 1 aromatic heterocycles. The standard InChI is InChI=1S/C12H16N2O6.C3H6O2/c1-4-10-13-11(14-20-10)8-5-9(17-6(2)15)12(19-8)18-7(3)16;1-3(4)5-2/h8-9,12H,4-5H2,1-3H3;1-2H3. The second kappa shape index (κ2) is 9.72. The van der Waals surface area contributed by atoms with E-state index in [2.05, 4.69) is 14.9 Å². The fourth-order valence-electron chi connectivity index (χ4n) is 1.92. The van der Waals surface area contributed by atoms with Crippen molar-refractivity contribution in [2.24, 2.45) is 0 Å². The number of rotatable bonds is 4. The predicted octanol–water partition coefficient (Wildman–Crippen LogP) is 1.09. The van der Waals surface area contributed by atoms with Crippen LogP contribution in [0.3, 0.4) is 0 Å². The summed E-state index contributed by atoms with van der Waals surface area (Å²) < 4.78 is 24.7.